The first-order valence-corrected chi connectivity index (χ1v) is 6.79. The Balaban J connectivity index is 1.91. The molecule has 3 heteroatoms. The number of nitrogens with one attached hydrogen (secondary N) is 2. The van der Waals surface area contributed by atoms with E-state index in [1.54, 1.807) is 0 Å². The van der Waals surface area contributed by atoms with E-state index in [1.165, 1.54) is 5.39 Å². The van der Waals surface area contributed by atoms with Crippen LogP contribution in [0.5, 0.6) is 0 Å². The molecule has 2 N–H and O–H groups in total. The molecule has 0 radical (unpaired) electrons. The largest absolute Gasteiger partial charge is 0.325 e. The number of anilines is 1. The summed E-state index contributed by atoms with van der Waals surface area (Å²) in [6.45, 7) is 3.39. The van der Waals surface area contributed by atoms with Gasteiger partial charge in [-0.3, -0.25) is 4.79 Å². The van der Waals surface area contributed by atoms with E-state index in [4.69, 9.17) is 0 Å². The molecule has 0 unspecified atom stereocenters. The fourth-order valence-corrected chi connectivity index (χ4v) is 1.98. The minimum absolute atomic E-state index is 0.00591. The number of benzene rings is 2. The van der Waals surface area contributed by atoms with E-state index in [2.05, 4.69) is 23.6 Å². The van der Waals surface area contributed by atoms with Gasteiger partial charge in [-0.15, -0.1) is 0 Å². The van der Waals surface area contributed by atoms with Crippen molar-refractivity contribution in [3.8, 4) is 0 Å². The highest BCUT2D eigenvalue weighted by atomic mass is 16.1. The summed E-state index contributed by atoms with van der Waals surface area (Å²) < 4.78 is 0. The molecule has 0 aromatic heterocycles. The van der Waals surface area contributed by atoms with E-state index in [1.807, 2.05) is 36.4 Å². The number of amides is 1. The van der Waals surface area contributed by atoms with E-state index < -0.39 is 0 Å². The summed E-state index contributed by atoms with van der Waals surface area (Å²) in [5.41, 5.74) is 0.848. The van der Waals surface area contributed by atoms with Crippen LogP contribution in [0, 0.1) is 0 Å². The molecule has 0 saturated heterocycles. The van der Waals surface area contributed by atoms with Crippen LogP contribution in [0.3, 0.4) is 0 Å². The summed E-state index contributed by atoms with van der Waals surface area (Å²) in [7, 11) is 0. The molecule has 19 heavy (non-hydrogen) atoms. The molecule has 100 valence electrons. The molecule has 0 atom stereocenters. The quantitative estimate of drug-likeness (QED) is 0.779. The molecule has 2 aromatic rings. The monoisotopic (exact) mass is 256 g/mol. The Morgan fingerprint density at radius 2 is 1.89 bits per heavy atom. The van der Waals surface area contributed by atoms with Gasteiger partial charge in [0, 0.05) is 5.69 Å². The molecule has 0 aliphatic rings. The number of hydrogen-bond donors (Lipinski definition) is 2. The third kappa shape index (κ3) is 4.07. The summed E-state index contributed by atoms with van der Waals surface area (Å²) in [5, 5.41) is 8.36. The summed E-state index contributed by atoms with van der Waals surface area (Å²) in [5.74, 6) is 0.00591. The van der Waals surface area contributed by atoms with Crippen LogP contribution in [-0.2, 0) is 4.79 Å². The van der Waals surface area contributed by atoms with Crippen LogP contribution in [0.15, 0.2) is 42.5 Å². The standard InChI is InChI=1S/C16H20N2O/c1-2-3-10-17-12-16(19)18-15-9-8-13-6-4-5-7-14(13)11-15/h4-9,11,17H,2-3,10,12H2,1H3,(H,18,19). The smallest absolute Gasteiger partial charge is 0.238 e. The second-order valence-electron chi connectivity index (χ2n) is 4.64. The predicted molar refractivity (Wildman–Crippen MR) is 80.4 cm³/mol. The lowest BCUT2D eigenvalue weighted by Crippen LogP contribution is -2.28. The number of unbranched alkanes of at least 4 members (excludes halogenated alkanes) is 1. The second kappa shape index (κ2) is 6.90. The van der Waals surface area contributed by atoms with Gasteiger partial charge in [0.1, 0.15) is 0 Å². The predicted octanol–water partition coefficient (Wildman–Crippen LogP) is 3.17. The number of hydrogen-bond acceptors (Lipinski definition) is 2. The van der Waals surface area contributed by atoms with E-state index >= 15 is 0 Å². The van der Waals surface area contributed by atoms with Crippen molar-refractivity contribution in [1.82, 2.24) is 5.32 Å². The van der Waals surface area contributed by atoms with Crippen molar-refractivity contribution in [2.45, 2.75) is 19.8 Å². The molecule has 0 spiro atoms. The maximum absolute atomic E-state index is 11.7. The van der Waals surface area contributed by atoms with Gasteiger partial charge in [-0.2, -0.15) is 0 Å². The van der Waals surface area contributed by atoms with Crippen LogP contribution in [0.4, 0.5) is 5.69 Å². The van der Waals surface area contributed by atoms with Crippen molar-refractivity contribution in [2.24, 2.45) is 0 Å². The van der Waals surface area contributed by atoms with Crippen molar-refractivity contribution in [3.05, 3.63) is 42.5 Å². The van der Waals surface area contributed by atoms with Gasteiger partial charge in [0.15, 0.2) is 0 Å². The molecule has 2 aromatic carbocycles. The van der Waals surface area contributed by atoms with Gasteiger partial charge >= 0.3 is 0 Å². The van der Waals surface area contributed by atoms with Gasteiger partial charge in [0.05, 0.1) is 6.54 Å². The fourth-order valence-electron chi connectivity index (χ4n) is 1.98. The van der Waals surface area contributed by atoms with Gasteiger partial charge in [0.25, 0.3) is 0 Å². The molecule has 2 rings (SSSR count). The van der Waals surface area contributed by atoms with E-state index in [-0.39, 0.29) is 5.91 Å². The number of fused-ring (bicyclic) bond motifs is 1. The second-order valence-corrected chi connectivity index (χ2v) is 4.64. The van der Waals surface area contributed by atoms with E-state index in [0.717, 1.165) is 30.5 Å². The average molecular weight is 256 g/mol. The highest BCUT2D eigenvalue weighted by Gasteiger charge is 2.02. The Kier molecular flexibility index (Phi) is 4.93. The SMILES string of the molecule is CCCCNCC(=O)Nc1ccc2ccccc2c1. The van der Waals surface area contributed by atoms with Gasteiger partial charge in [-0.05, 0) is 35.9 Å². The topological polar surface area (TPSA) is 41.1 Å². The van der Waals surface area contributed by atoms with Crippen LogP contribution >= 0.6 is 0 Å². The fraction of sp³-hybridized carbons (Fsp3) is 0.312. The third-order valence-electron chi connectivity index (χ3n) is 3.03. The van der Waals surface area contributed by atoms with Crippen molar-refractivity contribution in [2.75, 3.05) is 18.4 Å². The summed E-state index contributed by atoms with van der Waals surface area (Å²) >= 11 is 0. The van der Waals surface area contributed by atoms with Crippen molar-refractivity contribution in [3.63, 3.8) is 0 Å². The van der Waals surface area contributed by atoms with E-state index in [0.29, 0.717) is 6.54 Å². The zero-order chi connectivity index (χ0) is 13.5. The Morgan fingerprint density at radius 3 is 2.68 bits per heavy atom. The van der Waals surface area contributed by atoms with Gasteiger partial charge in [0.2, 0.25) is 5.91 Å². The number of rotatable bonds is 6. The number of carbonyl (C=O) groups excluding carboxylic acids is 1. The summed E-state index contributed by atoms with van der Waals surface area (Å²) in [6, 6.07) is 14.1. The Morgan fingerprint density at radius 1 is 1.11 bits per heavy atom. The Hall–Kier alpha value is -1.87. The number of carbonyl (C=O) groups is 1. The molecule has 0 bridgehead atoms. The first kappa shape index (κ1) is 13.6. The van der Waals surface area contributed by atoms with Gasteiger partial charge in [-0.1, -0.05) is 43.7 Å². The molecule has 0 saturated carbocycles. The molecule has 0 aliphatic heterocycles. The lowest BCUT2D eigenvalue weighted by molar-refractivity contribution is -0.115. The van der Waals surface area contributed by atoms with Crippen molar-refractivity contribution < 1.29 is 4.79 Å². The van der Waals surface area contributed by atoms with Crippen LogP contribution in [0.2, 0.25) is 0 Å². The van der Waals surface area contributed by atoms with Crippen molar-refractivity contribution in [1.29, 1.82) is 0 Å². The first-order chi connectivity index (χ1) is 9.29. The highest BCUT2D eigenvalue weighted by molar-refractivity contribution is 5.95. The molecule has 0 aliphatic carbocycles. The molecule has 3 nitrogen and oxygen atoms in total. The minimum Gasteiger partial charge on any atom is -0.325 e. The zero-order valence-electron chi connectivity index (χ0n) is 11.3. The van der Waals surface area contributed by atoms with Crippen LogP contribution in [0.1, 0.15) is 19.8 Å². The lowest BCUT2D eigenvalue weighted by Gasteiger charge is -2.07. The van der Waals surface area contributed by atoms with Crippen molar-refractivity contribution >= 4 is 22.4 Å². The Bertz CT molecular complexity index is 551. The van der Waals surface area contributed by atoms with Crippen LogP contribution in [0.25, 0.3) is 10.8 Å². The summed E-state index contributed by atoms with van der Waals surface area (Å²) in [6.07, 6.45) is 2.24. The maximum atomic E-state index is 11.7. The van der Waals surface area contributed by atoms with Gasteiger partial charge in [-0.25, -0.2) is 0 Å². The van der Waals surface area contributed by atoms with Gasteiger partial charge < -0.3 is 10.6 Å². The Labute approximate surface area is 114 Å². The highest BCUT2D eigenvalue weighted by Crippen LogP contribution is 2.18. The molecule has 0 fully saturated rings. The first-order valence-electron chi connectivity index (χ1n) is 6.79. The van der Waals surface area contributed by atoms with Crippen LogP contribution in [-0.4, -0.2) is 19.0 Å². The van der Waals surface area contributed by atoms with E-state index in [9.17, 15) is 4.79 Å². The molecular weight excluding hydrogens is 236 g/mol. The average Bonchev–Trinajstić information content (AvgIpc) is 2.43. The molecular formula is C16H20N2O. The third-order valence-corrected chi connectivity index (χ3v) is 3.03. The summed E-state index contributed by atoms with van der Waals surface area (Å²) in [4.78, 5) is 11.7. The maximum Gasteiger partial charge on any atom is 0.238 e. The normalized spacial score (nSPS) is 10.6. The zero-order valence-corrected chi connectivity index (χ0v) is 11.3. The minimum atomic E-state index is 0.00591. The molecule has 0 heterocycles. The lowest BCUT2D eigenvalue weighted by atomic mass is 10.1. The molecule has 1 amide bonds. The van der Waals surface area contributed by atoms with Crippen LogP contribution < -0.4 is 10.6 Å².